The Morgan fingerprint density at radius 2 is 1.89 bits per heavy atom. The Bertz CT molecular complexity index is 506. The minimum atomic E-state index is -0.508. The van der Waals surface area contributed by atoms with E-state index in [4.69, 9.17) is 0 Å². The third-order valence-electron chi connectivity index (χ3n) is 3.85. The molecule has 3 nitrogen and oxygen atoms in total. The van der Waals surface area contributed by atoms with Crippen molar-refractivity contribution in [2.45, 2.75) is 32.3 Å². The first-order valence-electron chi connectivity index (χ1n) is 6.85. The van der Waals surface area contributed by atoms with E-state index < -0.39 is 6.10 Å². The second-order valence-corrected chi connectivity index (χ2v) is 5.21. The summed E-state index contributed by atoms with van der Waals surface area (Å²) in [4.78, 5) is 0. The van der Waals surface area contributed by atoms with Gasteiger partial charge >= 0.3 is 0 Å². The summed E-state index contributed by atoms with van der Waals surface area (Å²) in [6.45, 7) is 4.35. The van der Waals surface area contributed by atoms with Crippen LogP contribution in [0, 0.1) is 5.92 Å². The molecule has 0 amide bonds. The molecular weight excluding hydrogens is 236 g/mol. The van der Waals surface area contributed by atoms with Crippen LogP contribution >= 0.6 is 0 Å². The van der Waals surface area contributed by atoms with E-state index in [1.807, 2.05) is 31.4 Å². The van der Waals surface area contributed by atoms with Crippen molar-refractivity contribution in [3.8, 4) is 0 Å². The zero-order valence-electron chi connectivity index (χ0n) is 11.8. The second kappa shape index (κ2) is 6.02. The summed E-state index contributed by atoms with van der Waals surface area (Å²) in [6, 6.07) is 10.3. The van der Waals surface area contributed by atoms with E-state index in [1.54, 1.807) is 10.9 Å². The van der Waals surface area contributed by atoms with E-state index in [0.29, 0.717) is 5.92 Å². The number of benzene rings is 1. The number of aromatic nitrogens is 2. The summed E-state index contributed by atoms with van der Waals surface area (Å²) in [5, 5.41) is 14.9. The number of aryl methyl sites for hydroxylation is 1. The number of aliphatic hydroxyl groups is 1. The van der Waals surface area contributed by atoms with E-state index in [1.165, 1.54) is 5.56 Å². The van der Waals surface area contributed by atoms with Gasteiger partial charge in [-0.2, -0.15) is 5.10 Å². The van der Waals surface area contributed by atoms with Crippen LogP contribution in [0.5, 0.6) is 0 Å². The first-order chi connectivity index (χ1) is 9.13. The molecule has 3 heteroatoms. The number of aliphatic hydroxyl groups excluding tert-OH is 1. The fourth-order valence-electron chi connectivity index (χ4n) is 2.55. The van der Waals surface area contributed by atoms with Gasteiger partial charge in [-0.05, 0) is 11.5 Å². The second-order valence-electron chi connectivity index (χ2n) is 5.21. The molecule has 0 saturated carbocycles. The highest BCUT2D eigenvalue weighted by molar-refractivity contribution is 5.25. The molecule has 0 aliphatic heterocycles. The van der Waals surface area contributed by atoms with Crippen LogP contribution in [-0.2, 0) is 7.05 Å². The van der Waals surface area contributed by atoms with Gasteiger partial charge in [-0.25, -0.2) is 0 Å². The van der Waals surface area contributed by atoms with Crippen LogP contribution in [0.3, 0.4) is 0 Å². The third-order valence-corrected chi connectivity index (χ3v) is 3.85. The van der Waals surface area contributed by atoms with E-state index >= 15 is 0 Å². The Morgan fingerprint density at radius 3 is 2.42 bits per heavy atom. The van der Waals surface area contributed by atoms with Gasteiger partial charge in [-0.15, -0.1) is 0 Å². The van der Waals surface area contributed by atoms with Crippen LogP contribution in [0.15, 0.2) is 42.7 Å². The zero-order valence-corrected chi connectivity index (χ0v) is 11.8. The van der Waals surface area contributed by atoms with Gasteiger partial charge in [-0.1, -0.05) is 50.6 Å². The highest BCUT2D eigenvalue weighted by Crippen LogP contribution is 2.38. The van der Waals surface area contributed by atoms with Crippen molar-refractivity contribution in [2.75, 3.05) is 0 Å². The van der Waals surface area contributed by atoms with E-state index in [0.717, 1.165) is 12.0 Å². The first-order valence-corrected chi connectivity index (χ1v) is 6.85. The predicted octanol–water partition coefficient (Wildman–Crippen LogP) is 3.28. The topological polar surface area (TPSA) is 38.1 Å². The lowest BCUT2D eigenvalue weighted by atomic mass is 9.80. The van der Waals surface area contributed by atoms with E-state index in [9.17, 15) is 5.11 Å². The van der Waals surface area contributed by atoms with Crippen LogP contribution in [0.4, 0.5) is 0 Å². The fourth-order valence-corrected chi connectivity index (χ4v) is 2.55. The molecule has 0 bridgehead atoms. The molecule has 0 fully saturated rings. The first kappa shape index (κ1) is 13.8. The Kier molecular flexibility index (Phi) is 4.38. The van der Waals surface area contributed by atoms with Crippen molar-refractivity contribution < 1.29 is 5.11 Å². The molecule has 2 rings (SSSR count). The van der Waals surface area contributed by atoms with Crippen molar-refractivity contribution in [3.63, 3.8) is 0 Å². The third kappa shape index (κ3) is 3.04. The molecule has 102 valence electrons. The Balaban J connectivity index is 2.33. The van der Waals surface area contributed by atoms with Gasteiger partial charge in [0.15, 0.2) is 0 Å². The van der Waals surface area contributed by atoms with Crippen molar-refractivity contribution in [3.05, 3.63) is 53.9 Å². The van der Waals surface area contributed by atoms with Crippen molar-refractivity contribution in [1.82, 2.24) is 9.78 Å². The van der Waals surface area contributed by atoms with Crippen LogP contribution in [-0.4, -0.2) is 14.9 Å². The maximum atomic E-state index is 10.7. The van der Waals surface area contributed by atoms with Crippen LogP contribution in [0.25, 0.3) is 0 Å². The molecule has 0 spiro atoms. The maximum Gasteiger partial charge on any atom is 0.0891 e. The van der Waals surface area contributed by atoms with Crippen LogP contribution < -0.4 is 0 Å². The number of hydrogen-bond donors (Lipinski definition) is 1. The van der Waals surface area contributed by atoms with Crippen molar-refractivity contribution >= 4 is 0 Å². The Morgan fingerprint density at radius 1 is 1.21 bits per heavy atom. The standard InChI is InChI=1S/C16H22N2O/c1-4-12(2)15(13-8-6-5-7-9-13)16(19)14-10-17-18(3)11-14/h5-12,15-16,19H,4H2,1-3H3. The molecule has 1 N–H and O–H groups in total. The van der Waals surface area contributed by atoms with Crippen LogP contribution in [0.2, 0.25) is 0 Å². The quantitative estimate of drug-likeness (QED) is 0.893. The summed E-state index contributed by atoms with van der Waals surface area (Å²) >= 11 is 0. The molecule has 2 aromatic rings. The molecule has 19 heavy (non-hydrogen) atoms. The lowest BCUT2D eigenvalue weighted by Gasteiger charge is -2.28. The summed E-state index contributed by atoms with van der Waals surface area (Å²) < 4.78 is 1.73. The van der Waals surface area contributed by atoms with Gasteiger partial charge in [0.25, 0.3) is 0 Å². The van der Waals surface area contributed by atoms with Gasteiger partial charge in [0.05, 0.1) is 12.3 Å². The molecule has 1 heterocycles. The largest absolute Gasteiger partial charge is 0.388 e. The van der Waals surface area contributed by atoms with Crippen molar-refractivity contribution in [1.29, 1.82) is 0 Å². The number of rotatable bonds is 5. The monoisotopic (exact) mass is 258 g/mol. The average Bonchev–Trinajstić information content (AvgIpc) is 2.86. The Hall–Kier alpha value is -1.61. The van der Waals surface area contributed by atoms with Gasteiger partial charge in [0.1, 0.15) is 0 Å². The molecule has 0 saturated heterocycles. The predicted molar refractivity (Wildman–Crippen MR) is 76.8 cm³/mol. The summed E-state index contributed by atoms with van der Waals surface area (Å²) in [5.74, 6) is 0.521. The molecule has 3 unspecified atom stereocenters. The fraction of sp³-hybridized carbons (Fsp3) is 0.438. The highest BCUT2D eigenvalue weighted by atomic mass is 16.3. The number of hydrogen-bond acceptors (Lipinski definition) is 2. The van der Waals surface area contributed by atoms with Gasteiger partial charge in [0, 0.05) is 24.7 Å². The minimum Gasteiger partial charge on any atom is -0.388 e. The summed E-state index contributed by atoms with van der Waals surface area (Å²) in [5.41, 5.74) is 2.07. The molecule has 0 radical (unpaired) electrons. The lowest BCUT2D eigenvalue weighted by molar-refractivity contribution is 0.118. The van der Waals surface area contributed by atoms with Gasteiger partial charge < -0.3 is 5.11 Å². The SMILES string of the molecule is CCC(C)C(c1ccccc1)C(O)c1cnn(C)c1. The van der Waals surface area contributed by atoms with Crippen molar-refractivity contribution in [2.24, 2.45) is 13.0 Å². The zero-order chi connectivity index (χ0) is 13.8. The smallest absolute Gasteiger partial charge is 0.0891 e. The van der Waals surface area contributed by atoms with Crippen LogP contribution in [0.1, 0.15) is 43.4 Å². The normalized spacial score (nSPS) is 16.0. The molecule has 1 aromatic heterocycles. The minimum absolute atomic E-state index is 0.107. The lowest BCUT2D eigenvalue weighted by Crippen LogP contribution is -2.17. The molecule has 0 aliphatic carbocycles. The molecule has 0 aliphatic rings. The van der Waals surface area contributed by atoms with Gasteiger partial charge in [0.2, 0.25) is 0 Å². The molecular formula is C16H22N2O. The summed E-state index contributed by atoms with van der Waals surface area (Å²) in [7, 11) is 1.87. The molecule has 3 atom stereocenters. The van der Waals surface area contributed by atoms with E-state index in [2.05, 4.69) is 31.1 Å². The summed E-state index contributed by atoms with van der Waals surface area (Å²) in [6.07, 6.45) is 4.18. The van der Waals surface area contributed by atoms with E-state index in [-0.39, 0.29) is 5.92 Å². The highest BCUT2D eigenvalue weighted by Gasteiger charge is 2.27. The Labute approximate surface area is 114 Å². The van der Waals surface area contributed by atoms with Gasteiger partial charge in [-0.3, -0.25) is 4.68 Å². The average molecular weight is 258 g/mol. The molecule has 1 aromatic carbocycles. The maximum absolute atomic E-state index is 10.7. The number of nitrogens with zero attached hydrogens (tertiary/aromatic N) is 2.